The van der Waals surface area contributed by atoms with Crippen LogP contribution in [0.25, 0.3) is 0 Å². The summed E-state index contributed by atoms with van der Waals surface area (Å²) in [4.78, 5) is 15.5. The Labute approximate surface area is 151 Å². The van der Waals surface area contributed by atoms with Crippen LogP contribution in [-0.4, -0.2) is 45.0 Å². The van der Waals surface area contributed by atoms with Crippen LogP contribution in [0.4, 0.5) is 11.8 Å². The Morgan fingerprint density at radius 2 is 1.84 bits per heavy atom. The average Bonchev–Trinajstić information content (AvgIpc) is 2.59. The molecule has 0 unspecified atom stereocenters. The molecule has 0 aromatic carbocycles. The molecule has 0 aliphatic rings. The largest absolute Gasteiger partial charge is 0.368 e. The first-order valence-electron chi connectivity index (χ1n) is 8.93. The summed E-state index contributed by atoms with van der Waals surface area (Å²) in [5.74, 6) is 1.51. The standard InChI is InChI=1S/C19H30N6/c1-14(2)25(15(3)4)10-9-21-18-16(5)11-22-19(24-18)23-13-17-7-6-8-20-12-17/h6-8,11-12,14-15H,9-10,13H2,1-5H3,(H2,21,22,23,24). The molecule has 0 spiro atoms. The second-order valence-corrected chi connectivity index (χ2v) is 6.79. The van der Waals surface area contributed by atoms with Gasteiger partial charge in [-0.15, -0.1) is 0 Å². The van der Waals surface area contributed by atoms with E-state index < -0.39 is 0 Å². The number of hydrogen-bond donors (Lipinski definition) is 2. The molecule has 2 rings (SSSR count). The van der Waals surface area contributed by atoms with E-state index in [2.05, 4.69) is 58.2 Å². The van der Waals surface area contributed by atoms with E-state index in [0.717, 1.165) is 30.0 Å². The molecular weight excluding hydrogens is 312 g/mol. The van der Waals surface area contributed by atoms with Gasteiger partial charge < -0.3 is 10.6 Å². The van der Waals surface area contributed by atoms with E-state index in [9.17, 15) is 0 Å². The van der Waals surface area contributed by atoms with E-state index in [1.807, 2.05) is 31.5 Å². The molecule has 0 atom stereocenters. The molecule has 2 aromatic heterocycles. The van der Waals surface area contributed by atoms with Crippen molar-refractivity contribution in [2.45, 2.75) is 53.2 Å². The van der Waals surface area contributed by atoms with Crippen LogP contribution in [-0.2, 0) is 6.54 Å². The molecule has 6 heteroatoms. The van der Waals surface area contributed by atoms with Crippen LogP contribution in [0.5, 0.6) is 0 Å². The Kier molecular flexibility index (Phi) is 7.13. The second kappa shape index (κ2) is 9.32. The van der Waals surface area contributed by atoms with Crippen LogP contribution >= 0.6 is 0 Å². The molecule has 136 valence electrons. The van der Waals surface area contributed by atoms with Crippen molar-refractivity contribution in [3.8, 4) is 0 Å². The van der Waals surface area contributed by atoms with Crippen molar-refractivity contribution in [2.75, 3.05) is 23.7 Å². The normalized spacial score (nSPS) is 11.4. The van der Waals surface area contributed by atoms with Gasteiger partial charge in [0.25, 0.3) is 0 Å². The predicted molar refractivity (Wildman–Crippen MR) is 104 cm³/mol. The van der Waals surface area contributed by atoms with E-state index in [0.29, 0.717) is 24.6 Å². The van der Waals surface area contributed by atoms with Crippen LogP contribution in [0.15, 0.2) is 30.7 Å². The SMILES string of the molecule is Cc1cnc(NCc2cccnc2)nc1NCCN(C(C)C)C(C)C. The first kappa shape index (κ1) is 19.1. The van der Waals surface area contributed by atoms with Crippen LogP contribution in [0, 0.1) is 6.92 Å². The summed E-state index contributed by atoms with van der Waals surface area (Å²) in [5.41, 5.74) is 2.15. The number of nitrogens with one attached hydrogen (secondary N) is 2. The summed E-state index contributed by atoms with van der Waals surface area (Å²) < 4.78 is 0. The van der Waals surface area contributed by atoms with E-state index >= 15 is 0 Å². The number of aryl methyl sites for hydroxylation is 1. The molecule has 2 heterocycles. The zero-order chi connectivity index (χ0) is 18.2. The minimum atomic E-state index is 0.532. The summed E-state index contributed by atoms with van der Waals surface area (Å²) in [6.45, 7) is 13.5. The van der Waals surface area contributed by atoms with Gasteiger partial charge in [0.1, 0.15) is 5.82 Å². The van der Waals surface area contributed by atoms with Crippen LogP contribution in [0.2, 0.25) is 0 Å². The lowest BCUT2D eigenvalue weighted by Gasteiger charge is -2.30. The first-order chi connectivity index (χ1) is 12.0. The monoisotopic (exact) mass is 342 g/mol. The molecular formula is C19H30N6. The zero-order valence-corrected chi connectivity index (χ0v) is 16.0. The first-order valence-corrected chi connectivity index (χ1v) is 8.93. The van der Waals surface area contributed by atoms with Crippen LogP contribution in [0.3, 0.4) is 0 Å². The Morgan fingerprint density at radius 3 is 2.48 bits per heavy atom. The Balaban J connectivity index is 1.92. The minimum absolute atomic E-state index is 0.532. The molecule has 0 aliphatic heterocycles. The van der Waals surface area contributed by atoms with E-state index in [-0.39, 0.29) is 0 Å². The second-order valence-electron chi connectivity index (χ2n) is 6.79. The number of hydrogen-bond acceptors (Lipinski definition) is 6. The predicted octanol–water partition coefficient (Wildman–Crippen LogP) is 3.32. The van der Waals surface area contributed by atoms with Gasteiger partial charge in [0.2, 0.25) is 5.95 Å². The van der Waals surface area contributed by atoms with Gasteiger partial charge in [-0.3, -0.25) is 9.88 Å². The van der Waals surface area contributed by atoms with Crippen molar-refractivity contribution in [1.82, 2.24) is 19.9 Å². The number of pyridine rings is 1. The van der Waals surface area contributed by atoms with Crippen molar-refractivity contribution in [3.05, 3.63) is 41.9 Å². The van der Waals surface area contributed by atoms with Gasteiger partial charge in [-0.2, -0.15) is 4.98 Å². The summed E-state index contributed by atoms with van der Waals surface area (Å²) >= 11 is 0. The number of nitrogens with zero attached hydrogens (tertiary/aromatic N) is 4. The zero-order valence-electron chi connectivity index (χ0n) is 16.0. The summed E-state index contributed by atoms with van der Waals surface area (Å²) in [5, 5.41) is 6.70. The molecule has 0 radical (unpaired) electrons. The van der Waals surface area contributed by atoms with Crippen molar-refractivity contribution < 1.29 is 0 Å². The third-order valence-corrected chi connectivity index (χ3v) is 4.13. The minimum Gasteiger partial charge on any atom is -0.368 e. The molecule has 0 aliphatic carbocycles. The Bertz CT molecular complexity index is 634. The molecule has 6 nitrogen and oxygen atoms in total. The maximum Gasteiger partial charge on any atom is 0.224 e. The quantitative estimate of drug-likeness (QED) is 0.729. The number of anilines is 2. The van der Waals surface area contributed by atoms with Gasteiger partial charge in [-0.1, -0.05) is 6.07 Å². The van der Waals surface area contributed by atoms with Crippen molar-refractivity contribution in [1.29, 1.82) is 0 Å². The maximum atomic E-state index is 4.60. The fourth-order valence-corrected chi connectivity index (χ4v) is 2.81. The average molecular weight is 342 g/mol. The van der Waals surface area contributed by atoms with Crippen molar-refractivity contribution >= 4 is 11.8 Å². The fraction of sp³-hybridized carbons (Fsp3) is 0.526. The Morgan fingerprint density at radius 1 is 1.08 bits per heavy atom. The smallest absolute Gasteiger partial charge is 0.224 e. The summed E-state index contributed by atoms with van der Waals surface area (Å²) in [6.07, 6.45) is 5.46. The lowest BCUT2D eigenvalue weighted by Crippen LogP contribution is -2.40. The van der Waals surface area contributed by atoms with Crippen LogP contribution < -0.4 is 10.6 Å². The van der Waals surface area contributed by atoms with Gasteiger partial charge in [0, 0.05) is 55.9 Å². The van der Waals surface area contributed by atoms with E-state index in [1.165, 1.54) is 0 Å². The number of rotatable bonds is 9. The lowest BCUT2D eigenvalue weighted by atomic mass is 10.2. The lowest BCUT2D eigenvalue weighted by molar-refractivity contribution is 0.182. The van der Waals surface area contributed by atoms with Gasteiger partial charge in [-0.05, 0) is 46.2 Å². The van der Waals surface area contributed by atoms with E-state index in [4.69, 9.17) is 0 Å². The Hall–Kier alpha value is -2.21. The van der Waals surface area contributed by atoms with Gasteiger partial charge in [-0.25, -0.2) is 4.98 Å². The molecule has 0 fully saturated rings. The highest BCUT2D eigenvalue weighted by Crippen LogP contribution is 2.13. The molecule has 0 amide bonds. The molecule has 0 saturated carbocycles. The van der Waals surface area contributed by atoms with E-state index in [1.54, 1.807) is 6.20 Å². The topological polar surface area (TPSA) is 66.0 Å². The summed E-state index contributed by atoms with van der Waals surface area (Å²) in [6, 6.07) is 5.02. The molecule has 0 saturated heterocycles. The highest BCUT2D eigenvalue weighted by atomic mass is 15.2. The molecule has 2 N–H and O–H groups in total. The third-order valence-electron chi connectivity index (χ3n) is 4.13. The molecule has 2 aromatic rings. The van der Waals surface area contributed by atoms with Crippen LogP contribution in [0.1, 0.15) is 38.8 Å². The fourth-order valence-electron chi connectivity index (χ4n) is 2.81. The van der Waals surface area contributed by atoms with Crippen molar-refractivity contribution in [2.24, 2.45) is 0 Å². The number of aromatic nitrogens is 3. The third kappa shape index (κ3) is 5.98. The maximum absolute atomic E-state index is 4.60. The van der Waals surface area contributed by atoms with Gasteiger partial charge >= 0.3 is 0 Å². The van der Waals surface area contributed by atoms with Gasteiger partial charge in [0.05, 0.1) is 0 Å². The highest BCUT2D eigenvalue weighted by Gasteiger charge is 2.13. The highest BCUT2D eigenvalue weighted by molar-refractivity contribution is 5.46. The molecule has 25 heavy (non-hydrogen) atoms. The molecule has 0 bridgehead atoms. The summed E-state index contributed by atoms with van der Waals surface area (Å²) in [7, 11) is 0. The van der Waals surface area contributed by atoms with Gasteiger partial charge in [0.15, 0.2) is 0 Å². The van der Waals surface area contributed by atoms with Crippen molar-refractivity contribution in [3.63, 3.8) is 0 Å².